The summed E-state index contributed by atoms with van der Waals surface area (Å²) < 4.78 is 7.09. The number of nitrogens with one attached hydrogen (secondary N) is 1. The summed E-state index contributed by atoms with van der Waals surface area (Å²) in [6, 6.07) is 8.77. The Morgan fingerprint density at radius 3 is 2.89 bits per heavy atom. The standard InChI is InChI=1S/C14H21N3O/c1-15-11(8-9-18-3)10-13-12-6-4-5-7-14(12)17(2)16-13/h4-7,11,15H,8-10H2,1-3H3. The predicted molar refractivity (Wildman–Crippen MR) is 73.8 cm³/mol. The Balaban J connectivity index is 2.20. The van der Waals surface area contributed by atoms with Crippen molar-refractivity contribution in [2.75, 3.05) is 20.8 Å². The molecule has 1 N–H and O–H groups in total. The van der Waals surface area contributed by atoms with E-state index in [1.807, 2.05) is 24.8 Å². The van der Waals surface area contributed by atoms with E-state index in [0.29, 0.717) is 6.04 Å². The van der Waals surface area contributed by atoms with Gasteiger partial charge in [0.25, 0.3) is 0 Å². The first kappa shape index (κ1) is 13.1. The highest BCUT2D eigenvalue weighted by Crippen LogP contribution is 2.19. The van der Waals surface area contributed by atoms with Crippen molar-refractivity contribution in [1.29, 1.82) is 0 Å². The second-order valence-electron chi connectivity index (χ2n) is 4.56. The van der Waals surface area contributed by atoms with Crippen molar-refractivity contribution in [3.05, 3.63) is 30.0 Å². The van der Waals surface area contributed by atoms with Gasteiger partial charge in [0.05, 0.1) is 11.2 Å². The second kappa shape index (κ2) is 5.98. The number of benzene rings is 1. The molecule has 18 heavy (non-hydrogen) atoms. The molecule has 0 bridgehead atoms. The fourth-order valence-corrected chi connectivity index (χ4v) is 2.28. The highest BCUT2D eigenvalue weighted by Gasteiger charge is 2.13. The van der Waals surface area contributed by atoms with Crippen molar-refractivity contribution in [3.8, 4) is 0 Å². The predicted octanol–water partition coefficient (Wildman–Crippen LogP) is 1.74. The Morgan fingerprint density at radius 2 is 2.17 bits per heavy atom. The number of ether oxygens (including phenoxy) is 1. The first-order valence-electron chi connectivity index (χ1n) is 6.33. The monoisotopic (exact) mass is 247 g/mol. The largest absolute Gasteiger partial charge is 0.385 e. The van der Waals surface area contributed by atoms with Crippen molar-refractivity contribution in [2.45, 2.75) is 18.9 Å². The van der Waals surface area contributed by atoms with Gasteiger partial charge in [-0.3, -0.25) is 4.68 Å². The molecule has 4 heteroatoms. The maximum absolute atomic E-state index is 5.14. The molecule has 1 atom stereocenters. The molecule has 1 heterocycles. The lowest BCUT2D eigenvalue weighted by molar-refractivity contribution is 0.183. The van der Waals surface area contributed by atoms with Gasteiger partial charge in [-0.05, 0) is 19.5 Å². The van der Waals surface area contributed by atoms with E-state index in [1.165, 1.54) is 10.9 Å². The molecule has 0 fully saturated rings. The number of likely N-dealkylation sites (N-methyl/N-ethyl adjacent to an activating group) is 1. The number of methoxy groups -OCH3 is 1. The number of rotatable bonds is 6. The smallest absolute Gasteiger partial charge is 0.0718 e. The molecule has 2 aromatic rings. The quantitative estimate of drug-likeness (QED) is 0.845. The van der Waals surface area contributed by atoms with Crippen LogP contribution in [0.1, 0.15) is 12.1 Å². The lowest BCUT2D eigenvalue weighted by atomic mass is 10.1. The van der Waals surface area contributed by atoms with Crippen LogP contribution >= 0.6 is 0 Å². The van der Waals surface area contributed by atoms with E-state index >= 15 is 0 Å². The minimum absolute atomic E-state index is 0.406. The van der Waals surface area contributed by atoms with E-state index in [4.69, 9.17) is 4.74 Å². The third kappa shape index (κ3) is 2.71. The van der Waals surface area contributed by atoms with E-state index < -0.39 is 0 Å². The maximum atomic E-state index is 5.14. The number of hydrogen-bond acceptors (Lipinski definition) is 3. The zero-order valence-electron chi connectivity index (χ0n) is 11.3. The SMILES string of the molecule is CNC(CCOC)Cc1nn(C)c2ccccc12. The zero-order valence-corrected chi connectivity index (χ0v) is 11.3. The highest BCUT2D eigenvalue weighted by molar-refractivity contribution is 5.81. The molecule has 0 aliphatic heterocycles. The molecule has 4 nitrogen and oxygen atoms in total. The Morgan fingerprint density at radius 1 is 1.39 bits per heavy atom. The van der Waals surface area contributed by atoms with Gasteiger partial charge in [-0.25, -0.2) is 0 Å². The van der Waals surface area contributed by atoms with Gasteiger partial charge in [0.2, 0.25) is 0 Å². The van der Waals surface area contributed by atoms with E-state index in [0.717, 1.165) is 25.1 Å². The van der Waals surface area contributed by atoms with E-state index in [2.05, 4.69) is 28.6 Å². The lowest BCUT2D eigenvalue weighted by Gasteiger charge is -2.14. The molecule has 1 unspecified atom stereocenters. The van der Waals surface area contributed by atoms with E-state index in [-0.39, 0.29) is 0 Å². The van der Waals surface area contributed by atoms with Gasteiger partial charge < -0.3 is 10.1 Å². The second-order valence-corrected chi connectivity index (χ2v) is 4.56. The van der Waals surface area contributed by atoms with Crippen LogP contribution in [-0.4, -0.2) is 36.6 Å². The summed E-state index contributed by atoms with van der Waals surface area (Å²) in [4.78, 5) is 0. The van der Waals surface area contributed by atoms with Gasteiger partial charge in [-0.15, -0.1) is 0 Å². The van der Waals surface area contributed by atoms with Crippen molar-refractivity contribution < 1.29 is 4.74 Å². The van der Waals surface area contributed by atoms with Crippen LogP contribution in [0.5, 0.6) is 0 Å². The minimum Gasteiger partial charge on any atom is -0.385 e. The average molecular weight is 247 g/mol. The van der Waals surface area contributed by atoms with Crippen molar-refractivity contribution in [3.63, 3.8) is 0 Å². The number of aromatic nitrogens is 2. The molecule has 0 aliphatic carbocycles. The molecule has 98 valence electrons. The first-order chi connectivity index (χ1) is 8.76. The van der Waals surface area contributed by atoms with Crippen molar-refractivity contribution in [1.82, 2.24) is 15.1 Å². The molecular weight excluding hydrogens is 226 g/mol. The van der Waals surface area contributed by atoms with Crippen LogP contribution in [0.15, 0.2) is 24.3 Å². The van der Waals surface area contributed by atoms with Crippen LogP contribution in [-0.2, 0) is 18.2 Å². The van der Waals surface area contributed by atoms with E-state index in [1.54, 1.807) is 7.11 Å². The topological polar surface area (TPSA) is 39.1 Å². The van der Waals surface area contributed by atoms with Gasteiger partial charge in [0.15, 0.2) is 0 Å². The van der Waals surface area contributed by atoms with Gasteiger partial charge in [0, 0.05) is 38.6 Å². The molecule has 0 saturated carbocycles. The lowest BCUT2D eigenvalue weighted by Crippen LogP contribution is -2.29. The van der Waals surface area contributed by atoms with Gasteiger partial charge >= 0.3 is 0 Å². The van der Waals surface area contributed by atoms with Gasteiger partial charge in [0.1, 0.15) is 0 Å². The van der Waals surface area contributed by atoms with Gasteiger partial charge in [-0.1, -0.05) is 18.2 Å². The first-order valence-corrected chi connectivity index (χ1v) is 6.33. The van der Waals surface area contributed by atoms with Crippen molar-refractivity contribution >= 4 is 10.9 Å². The van der Waals surface area contributed by atoms with Gasteiger partial charge in [-0.2, -0.15) is 5.10 Å². The molecular formula is C14H21N3O. The molecule has 0 spiro atoms. The number of para-hydroxylation sites is 1. The van der Waals surface area contributed by atoms with Crippen molar-refractivity contribution in [2.24, 2.45) is 7.05 Å². The summed E-state index contributed by atoms with van der Waals surface area (Å²) in [7, 11) is 5.73. The third-order valence-electron chi connectivity index (χ3n) is 3.35. The van der Waals surface area contributed by atoms with Crippen LogP contribution in [0.2, 0.25) is 0 Å². The molecule has 1 aromatic heterocycles. The van der Waals surface area contributed by atoms with E-state index in [9.17, 15) is 0 Å². The molecule has 2 rings (SSSR count). The Kier molecular flexibility index (Phi) is 4.33. The van der Waals surface area contributed by atoms with Crippen LogP contribution in [0, 0.1) is 0 Å². The molecule has 1 aromatic carbocycles. The summed E-state index contributed by atoms with van der Waals surface area (Å²) in [5.74, 6) is 0. The number of fused-ring (bicyclic) bond motifs is 1. The fraction of sp³-hybridized carbons (Fsp3) is 0.500. The Labute approximate surface area is 108 Å². The van der Waals surface area contributed by atoms with Crippen LogP contribution in [0.4, 0.5) is 0 Å². The minimum atomic E-state index is 0.406. The fourth-order valence-electron chi connectivity index (χ4n) is 2.28. The summed E-state index contributed by atoms with van der Waals surface area (Å²) in [5, 5.41) is 9.20. The molecule has 0 amide bonds. The highest BCUT2D eigenvalue weighted by atomic mass is 16.5. The number of aryl methyl sites for hydroxylation is 1. The zero-order chi connectivity index (χ0) is 13.0. The third-order valence-corrected chi connectivity index (χ3v) is 3.35. The summed E-state index contributed by atoms with van der Waals surface area (Å²) >= 11 is 0. The maximum Gasteiger partial charge on any atom is 0.0718 e. The average Bonchev–Trinajstić information content (AvgIpc) is 2.72. The Bertz CT molecular complexity index is 507. The van der Waals surface area contributed by atoms with Crippen LogP contribution < -0.4 is 5.32 Å². The molecule has 0 radical (unpaired) electrons. The summed E-state index contributed by atoms with van der Waals surface area (Å²) in [5.41, 5.74) is 2.35. The number of hydrogen-bond donors (Lipinski definition) is 1. The summed E-state index contributed by atoms with van der Waals surface area (Å²) in [6.07, 6.45) is 1.93. The Hall–Kier alpha value is -1.39. The van der Waals surface area contributed by atoms with Crippen LogP contribution in [0.3, 0.4) is 0 Å². The van der Waals surface area contributed by atoms with Crippen LogP contribution in [0.25, 0.3) is 10.9 Å². The molecule has 0 aliphatic rings. The number of nitrogens with zero attached hydrogens (tertiary/aromatic N) is 2. The summed E-state index contributed by atoms with van der Waals surface area (Å²) in [6.45, 7) is 0.774. The normalized spacial score (nSPS) is 13.1. The molecule has 0 saturated heterocycles.